The molecule has 2 heterocycles. The Bertz CT molecular complexity index is 387. The summed E-state index contributed by atoms with van der Waals surface area (Å²) in [5.41, 5.74) is 0. The van der Waals surface area contributed by atoms with E-state index in [1.165, 1.54) is 0 Å². The normalized spacial score (nSPS) is 31.4. The molecule has 2 fully saturated rings. The molecule has 0 radical (unpaired) electrons. The van der Waals surface area contributed by atoms with Crippen LogP contribution in [-0.4, -0.2) is 55.7 Å². The molecule has 2 aliphatic heterocycles. The summed E-state index contributed by atoms with van der Waals surface area (Å²) in [5, 5.41) is 9.91. The maximum absolute atomic E-state index is 10.2. The second kappa shape index (κ2) is 20.9. The summed E-state index contributed by atoms with van der Waals surface area (Å²) < 4.78 is 40.3. The molecule has 2 saturated heterocycles. The van der Waals surface area contributed by atoms with Crippen LogP contribution in [0.3, 0.4) is 0 Å². The molecule has 2 aliphatic rings. The van der Waals surface area contributed by atoms with Crippen molar-refractivity contribution in [3.8, 4) is 0 Å². The van der Waals surface area contributed by atoms with Crippen molar-refractivity contribution in [3.63, 3.8) is 0 Å². The Hall–Kier alpha value is 0.596. The van der Waals surface area contributed by atoms with Crippen LogP contribution < -0.4 is 30.6 Å². The van der Waals surface area contributed by atoms with Gasteiger partial charge in [-0.3, -0.25) is 13.7 Å². The molecule has 0 spiro atoms. The molecule has 0 amide bonds. The second-order valence-electron chi connectivity index (χ2n) is 3.84. The first-order chi connectivity index (χ1) is 9.62. The molecule has 0 aromatic rings. The molecule has 0 saturated carbocycles. The molecule has 0 aliphatic carbocycles. The summed E-state index contributed by atoms with van der Waals surface area (Å²) in [6.07, 6.45) is 0. The van der Waals surface area contributed by atoms with Gasteiger partial charge >= 0.3 is 16.8 Å². The van der Waals surface area contributed by atoms with Crippen LogP contribution in [0.5, 0.6) is 0 Å². The Morgan fingerprint density at radius 1 is 0.536 bits per heavy atom. The Morgan fingerprint density at radius 3 is 0.821 bits per heavy atom. The fourth-order valence-corrected chi connectivity index (χ4v) is 5.42. The van der Waals surface area contributed by atoms with E-state index in [1.54, 1.807) is 0 Å². The van der Waals surface area contributed by atoms with Gasteiger partial charge in [0.1, 0.15) is 0 Å². The van der Waals surface area contributed by atoms with Gasteiger partial charge in [-0.15, -0.1) is 0 Å². The van der Waals surface area contributed by atoms with Crippen molar-refractivity contribution in [2.75, 3.05) is 39.3 Å². The zero-order valence-electron chi connectivity index (χ0n) is 14.3. The van der Waals surface area contributed by atoms with Crippen LogP contribution in [0.4, 0.5) is 0 Å². The number of hydrogen-bond acceptors (Lipinski definition) is 12. The van der Waals surface area contributed by atoms with Gasteiger partial charge in [-0.2, -0.15) is 0 Å². The third-order valence-electron chi connectivity index (χ3n) is 2.04. The van der Waals surface area contributed by atoms with Crippen molar-refractivity contribution < 1.29 is 90.9 Å². The summed E-state index contributed by atoms with van der Waals surface area (Å²) in [7, 11) is -16.1. The zero-order valence-corrected chi connectivity index (χ0v) is 18.0. The molecular weight excluding hydrogens is 506 g/mol. The number of hydrogen-bond donors (Lipinski definition) is 3. The molecule has 0 aromatic heterocycles. The fourth-order valence-electron chi connectivity index (χ4n) is 1.32. The van der Waals surface area contributed by atoms with E-state index >= 15 is 0 Å². The van der Waals surface area contributed by atoms with E-state index in [4.69, 9.17) is 0 Å². The predicted octanol–water partition coefficient (Wildman–Crippen LogP) is -8.02. The molecular formula is C6H30CoN3O15P3+3. The van der Waals surface area contributed by atoms with Crippen molar-refractivity contribution >= 4 is 23.5 Å². The summed E-state index contributed by atoms with van der Waals surface area (Å²) >= 11 is 0. The van der Waals surface area contributed by atoms with Crippen molar-refractivity contribution in [2.45, 2.75) is 0 Å². The first-order valence-electron chi connectivity index (χ1n) is 5.81. The molecule has 2 rings (SSSR count). The minimum Gasteiger partial charge on any atom is -0.756 e. The monoisotopic (exact) mass is 536 g/mol. The third-order valence-corrected chi connectivity index (χ3v) is 6.84. The average molecular weight is 536 g/mol. The van der Waals surface area contributed by atoms with Gasteiger partial charge in [-0.05, 0) is 0 Å². The van der Waals surface area contributed by atoms with Crippen LogP contribution in [0.15, 0.2) is 0 Å². The van der Waals surface area contributed by atoms with E-state index in [0.29, 0.717) is 0 Å². The van der Waals surface area contributed by atoms with Crippen LogP contribution in [0.1, 0.15) is 0 Å². The Balaban J connectivity index is -0.0000000514. The van der Waals surface area contributed by atoms with E-state index in [-0.39, 0.29) is 49.6 Å². The van der Waals surface area contributed by atoms with Crippen LogP contribution >= 0.6 is 23.5 Å². The largest absolute Gasteiger partial charge is 3.00 e. The molecule has 0 bridgehead atoms. The number of rotatable bonds is 0. The second-order valence-corrected chi connectivity index (χ2v) is 8.48. The Labute approximate surface area is 170 Å². The van der Waals surface area contributed by atoms with Gasteiger partial charge in [0.25, 0.3) is 23.5 Å². The van der Waals surface area contributed by atoms with Gasteiger partial charge in [0, 0.05) is 39.3 Å². The molecule has 22 heteroatoms. The van der Waals surface area contributed by atoms with E-state index < -0.39 is 23.5 Å². The van der Waals surface area contributed by atoms with Crippen LogP contribution in [0.2, 0.25) is 0 Å². The zero-order chi connectivity index (χ0) is 16.0. The van der Waals surface area contributed by atoms with Gasteiger partial charge in [-0.1, -0.05) is 0 Å². The van der Waals surface area contributed by atoms with E-state index in [9.17, 15) is 28.4 Å². The first-order valence-corrected chi connectivity index (χ1v) is 10.2. The summed E-state index contributed by atoms with van der Waals surface area (Å²) in [4.78, 5) is 30.7. The summed E-state index contributed by atoms with van der Waals surface area (Å²) in [6.45, 7) is 6.59. The maximum atomic E-state index is 10.2. The van der Waals surface area contributed by atoms with Crippen LogP contribution in [0, 0.1) is 0 Å². The Kier molecular flexibility index (Phi) is 34.8. The van der Waals surface area contributed by atoms with Crippen LogP contribution in [0.25, 0.3) is 0 Å². The van der Waals surface area contributed by atoms with Crippen molar-refractivity contribution in [1.82, 2.24) is 16.0 Å². The minimum absolute atomic E-state index is 0. The van der Waals surface area contributed by atoms with Gasteiger partial charge < -0.3 is 63.5 Å². The van der Waals surface area contributed by atoms with Crippen molar-refractivity contribution in [3.05, 3.63) is 0 Å². The molecule has 0 unspecified atom stereocenters. The molecule has 180 valence electrons. The molecule has 18 nitrogen and oxygen atoms in total. The van der Waals surface area contributed by atoms with Gasteiger partial charge in [0.15, 0.2) is 0 Å². The summed E-state index contributed by atoms with van der Waals surface area (Å²) in [6, 6.07) is 0. The quantitative estimate of drug-likeness (QED) is 0.192. The minimum atomic E-state index is -5.36. The smallest absolute Gasteiger partial charge is 0.756 e. The van der Waals surface area contributed by atoms with Crippen molar-refractivity contribution in [2.24, 2.45) is 0 Å². The van der Waals surface area contributed by atoms with Gasteiger partial charge in [-0.25, -0.2) is 12.9 Å². The molecule has 28 heavy (non-hydrogen) atoms. The fraction of sp³-hybridized carbons (Fsp3) is 1.00. The molecule has 0 atom stereocenters. The topological polar surface area (TPSA) is 378 Å². The average Bonchev–Trinajstić information content (AvgIpc) is 2.37. The van der Waals surface area contributed by atoms with Crippen molar-refractivity contribution in [1.29, 1.82) is 0 Å². The maximum Gasteiger partial charge on any atom is 3.00 e. The standard InChI is InChI=1S/C6H15N3.Co.H3O9P3.6H2O/c1-2-8-5-6-9-4-3-7-1;;1-10(2)7-11(3,4)9-12(5,6)8-10;;;;;;/h7-9H,1-6H2;;(H,1,2)(H,3,4)(H,5,6);6*1H2/q;+3;;;;;;;. The van der Waals surface area contributed by atoms with E-state index in [1.807, 2.05) is 0 Å². The SMILES string of the molecule is C1CNCCNCCN1.O.O.O.O=P1([O-])OP(=O)([O-])OP(=O)([O-])O1.[Co+3].[OH3+].[OH3+].[OH3+]. The van der Waals surface area contributed by atoms with Gasteiger partial charge in [0.2, 0.25) is 0 Å². The summed E-state index contributed by atoms with van der Waals surface area (Å²) in [5.74, 6) is 0. The first kappa shape index (κ1) is 46.7. The van der Waals surface area contributed by atoms with Gasteiger partial charge in [0.05, 0.1) is 0 Å². The van der Waals surface area contributed by atoms with E-state index in [2.05, 4.69) is 28.9 Å². The Morgan fingerprint density at radius 2 is 0.679 bits per heavy atom. The number of phosphoric acid groups is 3. The predicted molar refractivity (Wildman–Crippen MR) is 90.1 cm³/mol. The molecule has 18 N–H and O–H groups in total. The van der Waals surface area contributed by atoms with Crippen LogP contribution in [-0.2, 0) is 59.8 Å². The van der Waals surface area contributed by atoms with E-state index in [0.717, 1.165) is 39.3 Å². The molecule has 0 aromatic carbocycles. The number of nitrogens with one attached hydrogen (secondary N) is 3. The third kappa shape index (κ3) is 22.9.